The third kappa shape index (κ3) is 6.57. The Morgan fingerprint density at radius 3 is 2.45 bits per heavy atom. The molecule has 3 rings (SSSR count). The van der Waals surface area contributed by atoms with Crippen molar-refractivity contribution < 1.29 is 32.9 Å². The predicted molar refractivity (Wildman–Crippen MR) is 102 cm³/mol. The highest BCUT2D eigenvalue weighted by molar-refractivity contribution is 5.82. The largest absolute Gasteiger partial charge is 0.490 e. The number of nitrogens with zero attached hydrogens (tertiary/aromatic N) is 1. The predicted octanol–water partition coefficient (Wildman–Crippen LogP) is 3.44. The number of methoxy groups -OCH3 is 1. The first kappa shape index (κ1) is 22.9. The summed E-state index contributed by atoms with van der Waals surface area (Å²) in [4.78, 5) is 13.5. The van der Waals surface area contributed by atoms with Gasteiger partial charge in [0.1, 0.15) is 0 Å². The van der Waals surface area contributed by atoms with E-state index in [-0.39, 0.29) is 6.04 Å². The maximum atomic E-state index is 10.7. The van der Waals surface area contributed by atoms with Gasteiger partial charge >= 0.3 is 12.1 Å². The molecule has 160 valence electrons. The lowest BCUT2D eigenvalue weighted by atomic mass is 9.79. The highest BCUT2D eigenvalue weighted by Crippen LogP contribution is 2.32. The lowest BCUT2D eigenvalue weighted by molar-refractivity contribution is -0.192. The van der Waals surface area contributed by atoms with Crippen LogP contribution in [0, 0.1) is 0 Å². The Balaban J connectivity index is 0.000000370. The van der Waals surface area contributed by atoms with Crippen LogP contribution in [0.5, 0.6) is 5.88 Å². The summed E-state index contributed by atoms with van der Waals surface area (Å²) in [5.74, 6) is -2.13. The first-order chi connectivity index (χ1) is 13.5. The van der Waals surface area contributed by atoms with Crippen LogP contribution in [0.2, 0.25) is 0 Å². The summed E-state index contributed by atoms with van der Waals surface area (Å²) in [6, 6.07) is 10.4. The number of carboxylic acids is 1. The van der Waals surface area contributed by atoms with E-state index in [1.807, 2.05) is 18.2 Å². The number of rotatable bonds is 4. The molecule has 1 fully saturated rings. The van der Waals surface area contributed by atoms with Crippen molar-refractivity contribution in [2.45, 2.75) is 56.3 Å². The molecule has 0 unspecified atom stereocenters. The maximum Gasteiger partial charge on any atom is 0.490 e. The maximum absolute atomic E-state index is 10.7. The van der Waals surface area contributed by atoms with Gasteiger partial charge in [0.25, 0.3) is 0 Å². The first-order valence-electron chi connectivity index (χ1n) is 9.25. The van der Waals surface area contributed by atoms with Crippen LogP contribution in [-0.4, -0.2) is 46.1 Å². The molecule has 0 aliphatic heterocycles. The fourth-order valence-electron chi connectivity index (χ4n) is 3.30. The monoisotopic (exact) mass is 414 g/mol. The number of hydrogen-bond donors (Lipinski definition) is 3. The van der Waals surface area contributed by atoms with Crippen LogP contribution >= 0.6 is 0 Å². The number of para-hydroxylation sites is 1. The summed E-state index contributed by atoms with van der Waals surface area (Å²) in [5.41, 5.74) is 7.50. The Hall–Kier alpha value is -2.39. The van der Waals surface area contributed by atoms with Crippen molar-refractivity contribution in [3.05, 3.63) is 35.9 Å². The molecule has 1 aromatic heterocycles. The van der Waals surface area contributed by atoms with E-state index in [4.69, 9.17) is 20.4 Å². The number of aryl methyl sites for hydroxylation is 1. The topological polar surface area (TPSA) is 106 Å². The molecule has 9 heteroatoms. The summed E-state index contributed by atoms with van der Waals surface area (Å²) in [5, 5.41) is 19.0. The molecule has 29 heavy (non-hydrogen) atoms. The second-order valence-electron chi connectivity index (χ2n) is 7.21. The molecule has 4 N–H and O–H groups in total. The van der Waals surface area contributed by atoms with E-state index in [0.717, 1.165) is 49.4 Å². The fraction of sp³-hybridized carbons (Fsp3) is 0.500. The number of carboxylic acid groups (broad SMARTS) is 1. The molecule has 0 atom stereocenters. The van der Waals surface area contributed by atoms with Crippen LogP contribution in [0.15, 0.2) is 30.3 Å². The molecule has 0 radical (unpaired) electrons. The highest BCUT2D eigenvalue weighted by Gasteiger charge is 2.38. The lowest BCUT2D eigenvalue weighted by Crippen LogP contribution is -2.39. The number of pyridine rings is 1. The van der Waals surface area contributed by atoms with Crippen molar-refractivity contribution in [2.24, 2.45) is 5.73 Å². The number of aliphatic carboxylic acids is 1. The Labute approximate surface area is 166 Å². The summed E-state index contributed by atoms with van der Waals surface area (Å²) in [6.07, 6.45) is -0.0669. The average Bonchev–Trinajstić information content (AvgIpc) is 2.68. The van der Waals surface area contributed by atoms with Gasteiger partial charge in [-0.2, -0.15) is 13.2 Å². The van der Waals surface area contributed by atoms with E-state index >= 15 is 0 Å². The van der Waals surface area contributed by atoms with Gasteiger partial charge in [-0.1, -0.05) is 18.2 Å². The first-order valence-corrected chi connectivity index (χ1v) is 9.25. The number of benzene rings is 1. The molecule has 6 nitrogen and oxygen atoms in total. The number of carbonyl (C=O) groups is 1. The van der Waals surface area contributed by atoms with Gasteiger partial charge in [-0.3, -0.25) is 0 Å². The molecule has 2 aromatic rings. The zero-order valence-electron chi connectivity index (χ0n) is 16.1. The van der Waals surface area contributed by atoms with Gasteiger partial charge in [0, 0.05) is 17.5 Å². The normalized spacial score (nSPS) is 21.9. The van der Waals surface area contributed by atoms with Crippen LogP contribution in [0.25, 0.3) is 10.9 Å². The number of alkyl halides is 3. The third-order valence-corrected chi connectivity index (χ3v) is 5.05. The van der Waals surface area contributed by atoms with E-state index in [0.29, 0.717) is 5.88 Å². The van der Waals surface area contributed by atoms with E-state index in [2.05, 4.69) is 17.1 Å². The lowest BCUT2D eigenvalue weighted by Gasteiger charge is -2.35. The molecule has 1 saturated carbocycles. The number of hydrogen-bond acceptors (Lipinski definition) is 5. The van der Waals surface area contributed by atoms with Crippen LogP contribution in [-0.2, 0) is 11.2 Å². The van der Waals surface area contributed by atoms with E-state index < -0.39 is 17.7 Å². The second-order valence-corrected chi connectivity index (χ2v) is 7.21. The summed E-state index contributed by atoms with van der Waals surface area (Å²) in [7, 11) is 1.63. The Morgan fingerprint density at radius 2 is 1.90 bits per heavy atom. The van der Waals surface area contributed by atoms with Gasteiger partial charge in [-0.25, -0.2) is 9.78 Å². The molecular weight excluding hydrogens is 389 g/mol. The molecule has 0 saturated heterocycles. The molecule has 0 spiro atoms. The van der Waals surface area contributed by atoms with Crippen molar-refractivity contribution in [3.63, 3.8) is 0 Å². The van der Waals surface area contributed by atoms with E-state index in [1.165, 1.54) is 5.56 Å². The van der Waals surface area contributed by atoms with Crippen molar-refractivity contribution >= 4 is 16.9 Å². The summed E-state index contributed by atoms with van der Waals surface area (Å²) < 4.78 is 37.0. The second kappa shape index (κ2) is 9.41. The van der Waals surface area contributed by atoms with Gasteiger partial charge in [0.15, 0.2) is 0 Å². The summed E-state index contributed by atoms with van der Waals surface area (Å²) >= 11 is 0. The van der Waals surface area contributed by atoms with Crippen LogP contribution in [0.1, 0.15) is 37.7 Å². The van der Waals surface area contributed by atoms with Crippen LogP contribution < -0.4 is 10.5 Å². The highest BCUT2D eigenvalue weighted by atomic mass is 19.4. The van der Waals surface area contributed by atoms with Gasteiger partial charge in [-0.05, 0) is 50.2 Å². The number of aliphatic hydroxyl groups is 1. The number of ether oxygens (including phenoxy) is 1. The Kier molecular flexibility index (Phi) is 7.43. The number of aromatic nitrogens is 1. The Bertz CT molecular complexity index is 834. The van der Waals surface area contributed by atoms with Crippen molar-refractivity contribution in [3.8, 4) is 5.88 Å². The van der Waals surface area contributed by atoms with Gasteiger partial charge in [0.05, 0.1) is 18.2 Å². The quantitative estimate of drug-likeness (QED) is 0.708. The number of halogens is 3. The van der Waals surface area contributed by atoms with Crippen LogP contribution in [0.4, 0.5) is 13.2 Å². The molecule has 0 bridgehead atoms. The zero-order valence-corrected chi connectivity index (χ0v) is 16.1. The standard InChI is InChI=1S/C18H24N2O2.C2HF3O2/c1-22-16-6-5-13-3-2-4-14(17(13)20-16)7-10-18(21)11-8-15(19)9-12-18;3-2(4,5)1(6)7/h2-6,15,21H,7-12,19H2,1H3;(H,6,7)/t15-,18-;. The SMILES string of the molecule is COc1ccc2cccc(CC[C@]3(O)CC[C@H](N)CC3)c2n1.O=C(O)C(F)(F)F. The average molecular weight is 414 g/mol. The smallest absolute Gasteiger partial charge is 0.481 e. The molecule has 1 aromatic carbocycles. The minimum atomic E-state index is -5.08. The van der Waals surface area contributed by atoms with E-state index in [1.54, 1.807) is 7.11 Å². The molecule has 1 aliphatic rings. The zero-order chi connectivity index (χ0) is 21.7. The van der Waals surface area contributed by atoms with Gasteiger partial charge in [0.2, 0.25) is 5.88 Å². The van der Waals surface area contributed by atoms with Crippen molar-refractivity contribution in [2.75, 3.05) is 7.11 Å². The molecule has 1 heterocycles. The minimum absolute atomic E-state index is 0.253. The van der Waals surface area contributed by atoms with E-state index in [9.17, 15) is 18.3 Å². The van der Waals surface area contributed by atoms with Crippen molar-refractivity contribution in [1.82, 2.24) is 4.98 Å². The number of fused-ring (bicyclic) bond motifs is 1. The summed E-state index contributed by atoms with van der Waals surface area (Å²) in [6.45, 7) is 0. The van der Waals surface area contributed by atoms with Crippen LogP contribution in [0.3, 0.4) is 0 Å². The minimum Gasteiger partial charge on any atom is -0.481 e. The third-order valence-electron chi connectivity index (χ3n) is 5.05. The molecule has 1 aliphatic carbocycles. The Morgan fingerprint density at radius 1 is 1.28 bits per heavy atom. The fourth-order valence-corrected chi connectivity index (χ4v) is 3.30. The van der Waals surface area contributed by atoms with Gasteiger partial charge in [-0.15, -0.1) is 0 Å². The van der Waals surface area contributed by atoms with Gasteiger partial charge < -0.3 is 20.7 Å². The number of nitrogens with two attached hydrogens (primary N) is 1. The molecular formula is C20H25F3N2O4. The molecule has 0 amide bonds. The van der Waals surface area contributed by atoms with Crippen molar-refractivity contribution in [1.29, 1.82) is 0 Å².